The van der Waals surface area contributed by atoms with Gasteiger partial charge < -0.3 is 14.0 Å². The van der Waals surface area contributed by atoms with Gasteiger partial charge in [0.2, 0.25) is 5.82 Å². The smallest absolute Gasteiger partial charge is 0.306 e. The number of rotatable bonds is 10. The summed E-state index contributed by atoms with van der Waals surface area (Å²) in [4.78, 5) is 20.9. The monoisotopic (exact) mass is 551 g/mol. The molecule has 0 atom stereocenters. The Bertz CT molecular complexity index is 1450. The number of aryl methyl sites for hydroxylation is 1. The van der Waals surface area contributed by atoms with Crippen molar-refractivity contribution < 1.29 is 23.2 Å². The van der Waals surface area contributed by atoms with Gasteiger partial charge in [-0.1, -0.05) is 41.0 Å². The van der Waals surface area contributed by atoms with E-state index < -0.39 is 5.60 Å². The van der Waals surface area contributed by atoms with Gasteiger partial charge in [-0.05, 0) is 75.4 Å². The fraction of sp³-hybridized carbons (Fsp3) is 0.333. The maximum atomic E-state index is 14.4. The molecule has 0 aliphatic heterocycles. The lowest BCUT2D eigenvalue weighted by Crippen LogP contribution is -2.23. The first-order valence-corrected chi connectivity index (χ1v) is 13.1. The molecular formula is C30H31ClFN3O4. The zero-order chi connectivity index (χ0) is 28.0. The van der Waals surface area contributed by atoms with Crippen molar-refractivity contribution in [3.8, 4) is 34.0 Å². The van der Waals surface area contributed by atoms with Gasteiger partial charge in [0.1, 0.15) is 11.4 Å². The third-order valence-corrected chi connectivity index (χ3v) is 6.21. The molecule has 0 saturated carbocycles. The molecule has 0 N–H and O–H groups in total. The zero-order valence-corrected chi connectivity index (χ0v) is 23.2. The van der Waals surface area contributed by atoms with Crippen molar-refractivity contribution >= 4 is 17.6 Å². The number of carbonyl (C=O) groups is 1. The third-order valence-electron chi connectivity index (χ3n) is 5.88. The number of pyridine rings is 1. The molecule has 0 saturated heterocycles. The molecule has 0 spiro atoms. The van der Waals surface area contributed by atoms with Gasteiger partial charge in [0.15, 0.2) is 0 Å². The predicted octanol–water partition coefficient (Wildman–Crippen LogP) is 7.46. The summed E-state index contributed by atoms with van der Waals surface area (Å²) in [5.74, 6) is 0.145. The van der Waals surface area contributed by atoms with E-state index in [0.29, 0.717) is 52.7 Å². The van der Waals surface area contributed by atoms with Gasteiger partial charge in [-0.2, -0.15) is 4.98 Å². The van der Waals surface area contributed by atoms with E-state index in [0.717, 1.165) is 23.2 Å². The molecule has 0 radical (unpaired) electrons. The minimum atomic E-state index is -0.482. The maximum absolute atomic E-state index is 14.4. The molecule has 2 aromatic heterocycles. The van der Waals surface area contributed by atoms with Crippen LogP contribution < -0.4 is 0 Å². The molecule has 0 bridgehead atoms. The van der Waals surface area contributed by atoms with E-state index in [-0.39, 0.29) is 18.4 Å². The summed E-state index contributed by atoms with van der Waals surface area (Å²) in [6.45, 7) is 5.85. The summed E-state index contributed by atoms with van der Waals surface area (Å²) in [6, 6.07) is 13.9. The van der Waals surface area contributed by atoms with Crippen LogP contribution in [0.2, 0.25) is 5.02 Å². The highest BCUT2D eigenvalue weighted by Crippen LogP contribution is 2.32. The fourth-order valence-corrected chi connectivity index (χ4v) is 4.39. The molecule has 7 nitrogen and oxygen atoms in total. The largest absolute Gasteiger partial charge is 0.460 e. The van der Waals surface area contributed by atoms with Crippen molar-refractivity contribution in [2.45, 2.75) is 58.7 Å². The van der Waals surface area contributed by atoms with Crippen molar-refractivity contribution in [3.63, 3.8) is 0 Å². The van der Waals surface area contributed by atoms with Crippen LogP contribution in [0.5, 0.6) is 0 Å². The van der Waals surface area contributed by atoms with Crippen LogP contribution in [0.1, 0.15) is 51.3 Å². The standard InChI is InChI=1S/C30H31ClFN3O4/c1-30(2,3)38-27(36)12-8-7-11-26-24(31)16-20(17-33-26)28-34-29(39-35-28)19-13-14-22(21(15-19)18-37-4)23-9-5-6-10-25(23)32/h5-6,9-10,13-17H,7-8,11-12,18H2,1-4H3. The van der Waals surface area contributed by atoms with Crippen LogP contribution in [0.3, 0.4) is 0 Å². The Morgan fingerprint density at radius 1 is 1.05 bits per heavy atom. The molecule has 2 aromatic carbocycles. The second-order valence-corrected chi connectivity index (χ2v) is 10.6. The lowest BCUT2D eigenvalue weighted by Gasteiger charge is -2.19. The molecule has 0 unspecified atom stereocenters. The number of nitrogens with zero attached hydrogens (tertiary/aromatic N) is 3. The highest BCUT2D eigenvalue weighted by molar-refractivity contribution is 6.31. The molecule has 204 valence electrons. The normalized spacial score (nSPS) is 11.5. The summed E-state index contributed by atoms with van der Waals surface area (Å²) in [5, 5.41) is 4.59. The summed E-state index contributed by atoms with van der Waals surface area (Å²) in [6.07, 6.45) is 4.08. The molecule has 0 aliphatic carbocycles. The van der Waals surface area contributed by atoms with Crippen molar-refractivity contribution in [2.75, 3.05) is 7.11 Å². The number of methoxy groups -OCH3 is 1. The lowest BCUT2D eigenvalue weighted by molar-refractivity contribution is -0.154. The number of hydrogen-bond donors (Lipinski definition) is 0. The molecule has 39 heavy (non-hydrogen) atoms. The van der Waals surface area contributed by atoms with Crippen LogP contribution in [0.25, 0.3) is 34.0 Å². The second-order valence-electron chi connectivity index (χ2n) is 10.2. The van der Waals surface area contributed by atoms with Gasteiger partial charge >= 0.3 is 5.97 Å². The summed E-state index contributed by atoms with van der Waals surface area (Å²) in [7, 11) is 1.59. The predicted molar refractivity (Wildman–Crippen MR) is 147 cm³/mol. The Morgan fingerprint density at radius 2 is 1.85 bits per heavy atom. The highest BCUT2D eigenvalue weighted by atomic mass is 35.5. The molecule has 0 amide bonds. The first kappa shape index (κ1) is 28.4. The quantitative estimate of drug-likeness (QED) is 0.149. The molecular weight excluding hydrogens is 521 g/mol. The lowest BCUT2D eigenvalue weighted by atomic mass is 9.97. The Balaban J connectivity index is 1.45. The van der Waals surface area contributed by atoms with Gasteiger partial charge in [0, 0.05) is 36.4 Å². The average Bonchev–Trinajstić information content (AvgIpc) is 3.37. The van der Waals surface area contributed by atoms with Crippen LogP contribution >= 0.6 is 11.6 Å². The van der Waals surface area contributed by atoms with Crippen LogP contribution in [-0.4, -0.2) is 33.8 Å². The van der Waals surface area contributed by atoms with E-state index in [1.165, 1.54) is 6.07 Å². The van der Waals surface area contributed by atoms with Gasteiger partial charge in [0.25, 0.3) is 5.89 Å². The Kier molecular flexibility index (Phi) is 9.09. The number of esters is 1. The Hall–Kier alpha value is -3.62. The topological polar surface area (TPSA) is 87.3 Å². The average molecular weight is 552 g/mol. The van der Waals surface area contributed by atoms with Crippen molar-refractivity contribution in [1.29, 1.82) is 0 Å². The van der Waals surface area contributed by atoms with Crippen molar-refractivity contribution in [1.82, 2.24) is 15.1 Å². The molecule has 2 heterocycles. The van der Waals surface area contributed by atoms with E-state index in [1.54, 1.807) is 37.6 Å². The van der Waals surface area contributed by atoms with Crippen LogP contribution in [0, 0.1) is 5.82 Å². The van der Waals surface area contributed by atoms with Gasteiger partial charge in [-0.25, -0.2) is 4.39 Å². The zero-order valence-electron chi connectivity index (χ0n) is 22.5. The fourth-order valence-electron chi connectivity index (χ4n) is 4.13. The van der Waals surface area contributed by atoms with Crippen LogP contribution in [0.4, 0.5) is 4.39 Å². The third kappa shape index (κ3) is 7.49. The number of benzene rings is 2. The first-order chi connectivity index (χ1) is 18.6. The van der Waals surface area contributed by atoms with E-state index >= 15 is 0 Å². The summed E-state index contributed by atoms with van der Waals surface area (Å²) < 4.78 is 30.6. The van der Waals surface area contributed by atoms with E-state index in [2.05, 4.69) is 15.1 Å². The van der Waals surface area contributed by atoms with Crippen molar-refractivity contribution in [3.05, 3.63) is 76.8 Å². The summed E-state index contributed by atoms with van der Waals surface area (Å²) in [5.41, 5.74) is 3.57. The SMILES string of the molecule is COCc1cc(-c2nc(-c3cnc(CCCCC(=O)OC(C)(C)C)c(Cl)c3)no2)ccc1-c1ccccc1F. The minimum Gasteiger partial charge on any atom is -0.460 e. The number of unbranched alkanes of at least 4 members (excludes halogenated alkanes) is 1. The van der Waals surface area contributed by atoms with Crippen molar-refractivity contribution in [2.24, 2.45) is 0 Å². The molecule has 0 aliphatic rings. The Labute approximate surface area is 232 Å². The highest BCUT2D eigenvalue weighted by Gasteiger charge is 2.18. The van der Waals surface area contributed by atoms with Gasteiger partial charge in [-0.15, -0.1) is 0 Å². The molecule has 4 rings (SSSR count). The van der Waals surface area contributed by atoms with Crippen LogP contribution in [-0.2, 0) is 27.3 Å². The number of hydrogen-bond acceptors (Lipinski definition) is 7. The molecule has 4 aromatic rings. The number of halogens is 2. The van der Waals surface area contributed by atoms with E-state index in [9.17, 15) is 9.18 Å². The van der Waals surface area contributed by atoms with Gasteiger partial charge in [0.05, 0.1) is 17.3 Å². The molecule has 0 fully saturated rings. The van der Waals surface area contributed by atoms with Gasteiger partial charge in [-0.3, -0.25) is 9.78 Å². The summed E-state index contributed by atoms with van der Waals surface area (Å²) >= 11 is 6.49. The number of carbonyl (C=O) groups excluding carboxylic acids is 1. The molecule has 9 heteroatoms. The van der Waals surface area contributed by atoms with E-state index in [1.807, 2.05) is 39.0 Å². The number of aromatic nitrogens is 3. The van der Waals surface area contributed by atoms with Crippen LogP contribution in [0.15, 0.2) is 59.3 Å². The second kappa shape index (κ2) is 12.5. The minimum absolute atomic E-state index is 0.207. The number of ether oxygens (including phenoxy) is 2. The maximum Gasteiger partial charge on any atom is 0.306 e. The Morgan fingerprint density at radius 3 is 2.56 bits per heavy atom. The van der Waals surface area contributed by atoms with E-state index in [4.69, 9.17) is 25.6 Å². The first-order valence-electron chi connectivity index (χ1n) is 12.7.